The van der Waals surface area contributed by atoms with E-state index < -0.39 is 5.97 Å². The van der Waals surface area contributed by atoms with Crippen molar-refractivity contribution in [2.24, 2.45) is 5.92 Å². The zero-order valence-electron chi connectivity index (χ0n) is 12.8. The lowest BCUT2D eigenvalue weighted by Crippen LogP contribution is -2.38. The highest BCUT2D eigenvalue weighted by Gasteiger charge is 2.15. The summed E-state index contributed by atoms with van der Waals surface area (Å²) < 4.78 is 5.06. The predicted octanol–water partition coefficient (Wildman–Crippen LogP) is 2.62. The van der Waals surface area contributed by atoms with Gasteiger partial charge in [0, 0.05) is 6.04 Å². The topological polar surface area (TPSA) is 55.4 Å². The van der Waals surface area contributed by atoms with Crippen molar-refractivity contribution in [1.29, 1.82) is 0 Å². The Balaban J connectivity index is 2.55. The number of ether oxygens (including phenoxy) is 1. The minimum atomic E-state index is -0.460. The summed E-state index contributed by atoms with van der Waals surface area (Å²) in [4.78, 5) is 23.6. The van der Waals surface area contributed by atoms with Gasteiger partial charge in [-0.15, -0.1) is 0 Å². The molecule has 0 aliphatic heterocycles. The Bertz CT molecular complexity index is 494. The van der Waals surface area contributed by atoms with Gasteiger partial charge in [0.05, 0.1) is 5.56 Å². The van der Waals surface area contributed by atoms with E-state index in [0.29, 0.717) is 11.5 Å². The summed E-state index contributed by atoms with van der Waals surface area (Å²) in [5.41, 5.74) is 2.42. The lowest BCUT2D eigenvalue weighted by atomic mass is 10.0. The molecule has 0 heterocycles. The van der Waals surface area contributed by atoms with E-state index in [1.807, 2.05) is 40.7 Å². The van der Waals surface area contributed by atoms with Crippen molar-refractivity contribution in [1.82, 2.24) is 5.32 Å². The van der Waals surface area contributed by atoms with Gasteiger partial charge >= 0.3 is 5.97 Å². The highest BCUT2D eigenvalue weighted by molar-refractivity contribution is 5.93. The normalized spacial score (nSPS) is 12.1. The molecule has 110 valence electrons. The lowest BCUT2D eigenvalue weighted by molar-refractivity contribution is -0.125. The average molecular weight is 277 g/mol. The van der Waals surface area contributed by atoms with E-state index in [9.17, 15) is 9.59 Å². The molecule has 1 aromatic rings. The Hall–Kier alpha value is -1.84. The van der Waals surface area contributed by atoms with Gasteiger partial charge in [0.2, 0.25) is 0 Å². The van der Waals surface area contributed by atoms with Gasteiger partial charge in [-0.25, -0.2) is 4.79 Å². The van der Waals surface area contributed by atoms with Gasteiger partial charge in [0.15, 0.2) is 6.61 Å². The molecule has 0 aliphatic carbocycles. The number of aryl methyl sites for hydroxylation is 1. The second-order valence-corrected chi connectivity index (χ2v) is 5.42. The summed E-state index contributed by atoms with van der Waals surface area (Å²) in [6.45, 7) is 9.52. The van der Waals surface area contributed by atoms with Crippen molar-refractivity contribution in [3.05, 3.63) is 34.9 Å². The zero-order valence-corrected chi connectivity index (χ0v) is 12.8. The van der Waals surface area contributed by atoms with E-state index in [0.717, 1.165) is 11.1 Å². The molecule has 1 rings (SSSR count). The number of amides is 1. The van der Waals surface area contributed by atoms with Crippen LogP contribution in [-0.2, 0) is 9.53 Å². The van der Waals surface area contributed by atoms with E-state index in [2.05, 4.69) is 5.32 Å². The van der Waals surface area contributed by atoms with Crippen molar-refractivity contribution in [3.63, 3.8) is 0 Å². The molecule has 1 aromatic carbocycles. The molecular weight excluding hydrogens is 254 g/mol. The van der Waals surface area contributed by atoms with Gasteiger partial charge < -0.3 is 10.1 Å². The third-order valence-electron chi connectivity index (χ3n) is 3.55. The first-order valence-corrected chi connectivity index (χ1v) is 6.85. The summed E-state index contributed by atoms with van der Waals surface area (Å²) in [6.07, 6.45) is 0. The molecule has 0 bridgehead atoms. The number of esters is 1. The monoisotopic (exact) mass is 277 g/mol. The van der Waals surface area contributed by atoms with Crippen molar-refractivity contribution in [3.8, 4) is 0 Å². The van der Waals surface area contributed by atoms with Crippen molar-refractivity contribution < 1.29 is 14.3 Å². The molecule has 0 radical (unpaired) electrons. The number of benzene rings is 1. The maximum absolute atomic E-state index is 11.9. The van der Waals surface area contributed by atoms with Crippen LogP contribution in [0.15, 0.2) is 18.2 Å². The molecule has 1 amide bonds. The first-order valence-electron chi connectivity index (χ1n) is 6.85. The van der Waals surface area contributed by atoms with Crippen LogP contribution >= 0.6 is 0 Å². The number of nitrogens with one attached hydrogen (secondary N) is 1. The predicted molar refractivity (Wildman–Crippen MR) is 78.6 cm³/mol. The van der Waals surface area contributed by atoms with Crippen molar-refractivity contribution >= 4 is 11.9 Å². The molecule has 4 heteroatoms. The molecule has 4 nitrogen and oxygen atoms in total. The molecule has 20 heavy (non-hydrogen) atoms. The maximum atomic E-state index is 11.9. The molecule has 0 saturated carbocycles. The molecule has 0 aliphatic rings. The van der Waals surface area contributed by atoms with Gasteiger partial charge in [0.25, 0.3) is 5.91 Å². The number of carbonyl (C=O) groups is 2. The minimum Gasteiger partial charge on any atom is -0.452 e. The van der Waals surface area contributed by atoms with Crippen LogP contribution in [0.4, 0.5) is 0 Å². The Morgan fingerprint density at radius 3 is 2.45 bits per heavy atom. The number of carbonyl (C=O) groups excluding carboxylic acids is 2. The lowest BCUT2D eigenvalue weighted by Gasteiger charge is -2.17. The minimum absolute atomic E-state index is 0.0573. The van der Waals surface area contributed by atoms with Crippen LogP contribution in [0.3, 0.4) is 0 Å². The SMILES string of the molecule is Cc1cccc(C(=O)OCC(=O)N[C@@H](C)C(C)C)c1C. The van der Waals surface area contributed by atoms with Crippen LogP contribution in [0, 0.1) is 19.8 Å². The van der Waals surface area contributed by atoms with E-state index in [1.165, 1.54) is 0 Å². The van der Waals surface area contributed by atoms with E-state index in [-0.39, 0.29) is 18.6 Å². The molecule has 0 saturated heterocycles. The summed E-state index contributed by atoms with van der Waals surface area (Å²) in [6, 6.07) is 5.50. The Morgan fingerprint density at radius 2 is 1.85 bits per heavy atom. The second kappa shape index (κ2) is 7.08. The third kappa shape index (κ3) is 4.37. The van der Waals surface area contributed by atoms with E-state index in [1.54, 1.807) is 12.1 Å². The zero-order chi connectivity index (χ0) is 15.3. The van der Waals surface area contributed by atoms with Gasteiger partial charge in [-0.2, -0.15) is 0 Å². The van der Waals surface area contributed by atoms with Gasteiger partial charge in [-0.1, -0.05) is 26.0 Å². The first kappa shape index (κ1) is 16.2. The standard InChI is InChI=1S/C16H23NO3/c1-10(2)13(5)17-15(18)9-20-16(19)14-8-6-7-11(3)12(14)4/h6-8,10,13H,9H2,1-5H3,(H,17,18)/t13-/m0/s1. The fourth-order valence-corrected chi connectivity index (χ4v) is 1.64. The van der Waals surface area contributed by atoms with Crippen LogP contribution < -0.4 is 5.32 Å². The molecule has 0 aromatic heterocycles. The summed E-state index contributed by atoms with van der Waals surface area (Å²) >= 11 is 0. The molecular formula is C16H23NO3. The number of rotatable bonds is 5. The Labute approximate surface area is 120 Å². The molecule has 0 spiro atoms. The molecule has 0 fully saturated rings. The Morgan fingerprint density at radius 1 is 1.20 bits per heavy atom. The fraction of sp³-hybridized carbons (Fsp3) is 0.500. The summed E-state index contributed by atoms with van der Waals surface area (Å²) in [7, 11) is 0. The van der Waals surface area contributed by atoms with Gasteiger partial charge in [-0.3, -0.25) is 4.79 Å². The Kier molecular flexibility index (Phi) is 5.74. The van der Waals surface area contributed by atoms with Gasteiger partial charge in [-0.05, 0) is 43.9 Å². The smallest absolute Gasteiger partial charge is 0.338 e. The van der Waals surface area contributed by atoms with Crippen LogP contribution in [0.1, 0.15) is 42.3 Å². The molecule has 1 N–H and O–H groups in total. The van der Waals surface area contributed by atoms with Crippen LogP contribution in [-0.4, -0.2) is 24.5 Å². The third-order valence-corrected chi connectivity index (χ3v) is 3.55. The highest BCUT2D eigenvalue weighted by atomic mass is 16.5. The van der Waals surface area contributed by atoms with E-state index in [4.69, 9.17) is 4.74 Å². The average Bonchev–Trinajstić information content (AvgIpc) is 2.39. The fourth-order valence-electron chi connectivity index (χ4n) is 1.64. The number of hydrogen-bond donors (Lipinski definition) is 1. The van der Waals surface area contributed by atoms with Gasteiger partial charge in [0.1, 0.15) is 0 Å². The van der Waals surface area contributed by atoms with Crippen molar-refractivity contribution in [2.75, 3.05) is 6.61 Å². The number of hydrogen-bond acceptors (Lipinski definition) is 3. The summed E-state index contributed by atoms with van der Waals surface area (Å²) in [5.74, 6) is -0.392. The van der Waals surface area contributed by atoms with Crippen LogP contribution in [0.25, 0.3) is 0 Å². The first-order chi connectivity index (χ1) is 9.32. The highest BCUT2D eigenvalue weighted by Crippen LogP contribution is 2.13. The quantitative estimate of drug-likeness (QED) is 0.842. The van der Waals surface area contributed by atoms with Crippen LogP contribution in [0.2, 0.25) is 0 Å². The van der Waals surface area contributed by atoms with Crippen molar-refractivity contribution in [2.45, 2.75) is 40.7 Å². The van der Waals surface area contributed by atoms with Crippen LogP contribution in [0.5, 0.6) is 0 Å². The maximum Gasteiger partial charge on any atom is 0.338 e. The molecule has 1 atom stereocenters. The van der Waals surface area contributed by atoms with E-state index >= 15 is 0 Å². The second-order valence-electron chi connectivity index (χ2n) is 5.42. The summed E-state index contributed by atoms with van der Waals surface area (Å²) in [5, 5.41) is 2.80. The largest absolute Gasteiger partial charge is 0.452 e. The molecule has 0 unspecified atom stereocenters.